The molecule has 1 aliphatic rings. The van der Waals surface area contributed by atoms with Crippen LogP contribution in [0.4, 0.5) is 0 Å². The summed E-state index contributed by atoms with van der Waals surface area (Å²) in [6.45, 7) is 0.149. The number of rotatable bonds is 10. The summed E-state index contributed by atoms with van der Waals surface area (Å²) in [4.78, 5) is 25.8. The number of hydrogen-bond acceptors (Lipinski definition) is 7. The summed E-state index contributed by atoms with van der Waals surface area (Å²) in [7, 11) is -0.994. The predicted octanol–water partition coefficient (Wildman–Crippen LogP) is 3.51. The van der Waals surface area contributed by atoms with Gasteiger partial charge in [0.25, 0.3) is 0 Å². The molecule has 0 aromatic heterocycles. The molecule has 206 valence electrons. The van der Waals surface area contributed by atoms with E-state index in [4.69, 9.17) is 14.2 Å². The van der Waals surface area contributed by atoms with Crippen molar-refractivity contribution in [3.05, 3.63) is 78.4 Å². The molecule has 0 saturated carbocycles. The fourth-order valence-electron chi connectivity index (χ4n) is 4.81. The molecule has 3 aromatic rings. The van der Waals surface area contributed by atoms with Crippen LogP contribution in [-0.2, 0) is 30.6 Å². The van der Waals surface area contributed by atoms with Crippen LogP contribution < -0.4 is 14.8 Å². The molecule has 0 bridgehead atoms. The van der Waals surface area contributed by atoms with Gasteiger partial charge in [-0.2, -0.15) is 0 Å². The number of sulfone groups is 1. The third kappa shape index (κ3) is 5.62. The van der Waals surface area contributed by atoms with E-state index in [0.29, 0.717) is 17.1 Å². The van der Waals surface area contributed by atoms with E-state index in [-0.39, 0.29) is 37.4 Å². The average molecular weight is 554 g/mol. The maximum atomic E-state index is 13.7. The van der Waals surface area contributed by atoms with Crippen molar-refractivity contribution < 1.29 is 37.3 Å². The minimum Gasteiger partial charge on any atom is -0.496 e. The van der Waals surface area contributed by atoms with E-state index in [0.717, 1.165) is 11.1 Å². The van der Waals surface area contributed by atoms with E-state index in [2.05, 4.69) is 5.32 Å². The fraction of sp³-hybridized carbons (Fsp3) is 0.310. The van der Waals surface area contributed by atoms with Gasteiger partial charge in [-0.1, -0.05) is 48.5 Å². The second-order valence-electron chi connectivity index (χ2n) is 9.23. The maximum absolute atomic E-state index is 13.7. The van der Waals surface area contributed by atoms with Gasteiger partial charge in [0, 0.05) is 19.6 Å². The summed E-state index contributed by atoms with van der Waals surface area (Å²) >= 11 is 0. The van der Waals surface area contributed by atoms with Crippen LogP contribution in [0.3, 0.4) is 0 Å². The molecule has 1 saturated heterocycles. The molecule has 4 rings (SSSR count). The SMILES string of the molecule is COc1cccc(OC)c1-c1ccc(C[C@H](NC(=O)C2(S(=O)(=O)c3ccccc3)CCOCC2)C(=O)O)cc1. The van der Waals surface area contributed by atoms with Gasteiger partial charge < -0.3 is 24.6 Å². The molecule has 39 heavy (non-hydrogen) atoms. The number of nitrogens with one attached hydrogen (secondary N) is 1. The van der Waals surface area contributed by atoms with Crippen LogP contribution in [0.5, 0.6) is 11.5 Å². The minimum absolute atomic E-state index is 0.0104. The number of methoxy groups -OCH3 is 2. The Hall–Kier alpha value is -3.89. The van der Waals surface area contributed by atoms with Crippen molar-refractivity contribution in [1.29, 1.82) is 0 Å². The molecule has 0 radical (unpaired) electrons. The zero-order chi connectivity index (χ0) is 28.0. The molecule has 3 aromatic carbocycles. The molecule has 2 N–H and O–H groups in total. The van der Waals surface area contributed by atoms with Crippen molar-refractivity contribution in [2.24, 2.45) is 0 Å². The molecule has 1 atom stereocenters. The van der Waals surface area contributed by atoms with E-state index in [9.17, 15) is 23.1 Å². The minimum atomic E-state index is -4.13. The molecule has 0 unspecified atom stereocenters. The Bertz CT molecular complexity index is 1390. The average Bonchev–Trinajstić information content (AvgIpc) is 2.97. The monoisotopic (exact) mass is 553 g/mol. The highest BCUT2D eigenvalue weighted by Gasteiger charge is 2.52. The molecular formula is C29H31NO8S. The van der Waals surface area contributed by atoms with Crippen molar-refractivity contribution in [1.82, 2.24) is 5.32 Å². The Labute approximate surface area is 227 Å². The highest BCUT2D eigenvalue weighted by atomic mass is 32.2. The van der Waals surface area contributed by atoms with E-state index in [1.54, 1.807) is 44.6 Å². The van der Waals surface area contributed by atoms with Crippen molar-refractivity contribution in [2.45, 2.75) is 34.9 Å². The zero-order valence-corrected chi connectivity index (χ0v) is 22.6. The quantitative estimate of drug-likeness (QED) is 0.390. The van der Waals surface area contributed by atoms with Gasteiger partial charge in [0.2, 0.25) is 5.91 Å². The van der Waals surface area contributed by atoms with Gasteiger partial charge >= 0.3 is 5.97 Å². The fourth-order valence-corrected chi connectivity index (χ4v) is 6.79. The van der Waals surface area contributed by atoms with Crippen molar-refractivity contribution in [3.8, 4) is 22.6 Å². The van der Waals surface area contributed by atoms with E-state index in [1.165, 1.54) is 12.1 Å². The van der Waals surface area contributed by atoms with E-state index >= 15 is 0 Å². The summed E-state index contributed by atoms with van der Waals surface area (Å²) in [5.74, 6) is -0.853. The second-order valence-corrected chi connectivity index (χ2v) is 11.5. The molecule has 1 aliphatic heterocycles. The largest absolute Gasteiger partial charge is 0.496 e. The number of hydrogen-bond donors (Lipinski definition) is 2. The third-order valence-electron chi connectivity index (χ3n) is 7.00. The predicted molar refractivity (Wildman–Crippen MR) is 145 cm³/mol. The molecule has 0 spiro atoms. The summed E-state index contributed by atoms with van der Waals surface area (Å²) < 4.78 is 41.8. The van der Waals surface area contributed by atoms with Gasteiger partial charge in [0.1, 0.15) is 17.5 Å². The van der Waals surface area contributed by atoms with Gasteiger partial charge in [-0.05, 0) is 48.2 Å². The Balaban J connectivity index is 1.59. The lowest BCUT2D eigenvalue weighted by Gasteiger charge is -2.36. The number of carboxylic acids is 1. The van der Waals surface area contributed by atoms with Crippen LogP contribution in [-0.4, -0.2) is 63.6 Å². The van der Waals surface area contributed by atoms with Crippen LogP contribution in [0.15, 0.2) is 77.7 Å². The number of aliphatic carboxylic acids is 1. The van der Waals surface area contributed by atoms with Crippen molar-refractivity contribution in [3.63, 3.8) is 0 Å². The third-order valence-corrected chi connectivity index (χ3v) is 9.51. The van der Waals surface area contributed by atoms with Crippen molar-refractivity contribution in [2.75, 3.05) is 27.4 Å². The van der Waals surface area contributed by atoms with Crippen LogP contribution in [0.25, 0.3) is 11.1 Å². The van der Waals surface area contributed by atoms with E-state index < -0.39 is 32.5 Å². The second kappa shape index (κ2) is 11.9. The topological polar surface area (TPSA) is 128 Å². The molecule has 1 amide bonds. The van der Waals surface area contributed by atoms with Crippen LogP contribution in [0.1, 0.15) is 18.4 Å². The first-order valence-corrected chi connectivity index (χ1v) is 13.9. The standard InChI is InChI=1S/C29H31NO8S/c1-36-24-9-6-10-25(37-2)26(24)21-13-11-20(12-14-21)19-23(27(31)32)30-28(33)29(15-17-38-18-16-29)39(34,35)22-7-4-3-5-8-22/h3-14,23H,15-19H2,1-2H3,(H,30,33)(H,31,32)/t23-/m0/s1. The maximum Gasteiger partial charge on any atom is 0.326 e. The smallest absolute Gasteiger partial charge is 0.326 e. The first kappa shape index (κ1) is 28.1. The summed E-state index contributed by atoms with van der Waals surface area (Å²) in [6.07, 6.45) is -0.182. The normalized spacial score (nSPS) is 15.6. The first-order valence-electron chi connectivity index (χ1n) is 12.4. The first-order chi connectivity index (χ1) is 18.7. The molecule has 10 heteroatoms. The Morgan fingerprint density at radius 3 is 2.05 bits per heavy atom. The van der Waals surface area contributed by atoms with Crippen LogP contribution in [0, 0.1) is 0 Å². The highest BCUT2D eigenvalue weighted by molar-refractivity contribution is 7.93. The Morgan fingerprint density at radius 2 is 1.51 bits per heavy atom. The number of ether oxygens (including phenoxy) is 3. The summed E-state index contributed by atoms with van der Waals surface area (Å²) in [5.41, 5.74) is 2.20. The molecule has 9 nitrogen and oxygen atoms in total. The number of carboxylic acid groups (broad SMARTS) is 1. The lowest BCUT2D eigenvalue weighted by molar-refractivity contribution is -0.142. The zero-order valence-electron chi connectivity index (χ0n) is 21.8. The van der Waals surface area contributed by atoms with Gasteiger partial charge in [-0.15, -0.1) is 0 Å². The number of amides is 1. The van der Waals surface area contributed by atoms with Gasteiger partial charge in [-0.25, -0.2) is 13.2 Å². The lowest BCUT2D eigenvalue weighted by atomic mass is 9.96. The molecular weight excluding hydrogens is 522 g/mol. The van der Waals surface area contributed by atoms with Crippen LogP contribution >= 0.6 is 0 Å². The number of benzene rings is 3. The molecule has 1 fully saturated rings. The lowest BCUT2D eigenvalue weighted by Crippen LogP contribution is -2.58. The number of carbonyl (C=O) groups excluding carboxylic acids is 1. The van der Waals surface area contributed by atoms with Crippen molar-refractivity contribution >= 4 is 21.7 Å². The van der Waals surface area contributed by atoms with Gasteiger partial charge in [0.05, 0.1) is 24.7 Å². The Morgan fingerprint density at radius 1 is 0.923 bits per heavy atom. The van der Waals surface area contributed by atoms with Gasteiger partial charge in [-0.3, -0.25) is 4.79 Å². The summed E-state index contributed by atoms with van der Waals surface area (Å²) in [5, 5.41) is 12.5. The van der Waals surface area contributed by atoms with Gasteiger partial charge in [0.15, 0.2) is 14.6 Å². The van der Waals surface area contributed by atoms with E-state index in [1.807, 2.05) is 30.3 Å². The molecule has 1 heterocycles. The highest BCUT2D eigenvalue weighted by Crippen LogP contribution is 2.38. The summed E-state index contributed by atoms with van der Waals surface area (Å²) in [6, 6.07) is 19.0. The number of carbonyl (C=O) groups is 2. The Kier molecular flexibility index (Phi) is 8.57. The van der Waals surface area contributed by atoms with Crippen LogP contribution in [0.2, 0.25) is 0 Å². The molecule has 0 aliphatic carbocycles.